The summed E-state index contributed by atoms with van der Waals surface area (Å²) >= 11 is 0. The van der Waals surface area contributed by atoms with Gasteiger partial charge in [-0.25, -0.2) is 0 Å². The van der Waals surface area contributed by atoms with Crippen LogP contribution in [-0.2, 0) is 6.42 Å². The maximum Gasteiger partial charge on any atom is 0.226 e. The maximum atomic E-state index is 10.1. The van der Waals surface area contributed by atoms with Gasteiger partial charge in [0.05, 0.1) is 6.10 Å². The summed E-state index contributed by atoms with van der Waals surface area (Å²) in [6, 6.07) is 0.875. The monoisotopic (exact) mass is 317 g/mol. The number of likely N-dealkylation sites (N-methyl/N-ethyl adjacent to an activating group) is 1. The Hall–Kier alpha value is -1.56. The Labute approximate surface area is 137 Å². The summed E-state index contributed by atoms with van der Waals surface area (Å²) in [5.74, 6) is 2.95. The number of aliphatic hydroxyl groups excluding tert-OH is 1. The van der Waals surface area contributed by atoms with E-state index in [0.717, 1.165) is 56.4 Å². The minimum atomic E-state index is -0.140. The summed E-state index contributed by atoms with van der Waals surface area (Å²) in [6.07, 6.45) is 6.05. The molecule has 126 valence electrons. The summed E-state index contributed by atoms with van der Waals surface area (Å²) in [5.41, 5.74) is 1.29. The van der Waals surface area contributed by atoms with E-state index >= 15 is 0 Å². The van der Waals surface area contributed by atoms with Crippen LogP contribution in [0.15, 0.2) is 0 Å². The molecule has 2 N–H and O–H groups in total. The third kappa shape index (κ3) is 2.53. The number of rotatable bonds is 4. The standard InChI is InChI=1S/C17H27N5O/c1-3-7-18-17-19-15-14(6-8-21(15)2)16(20-17)22-11-4-5-12(22)10-13(23)9-11/h11-13,23H,3-10H2,1-2H3,(H,18,19,20). The van der Waals surface area contributed by atoms with E-state index in [4.69, 9.17) is 9.97 Å². The Morgan fingerprint density at radius 2 is 1.87 bits per heavy atom. The molecule has 2 saturated heterocycles. The second-order valence-corrected chi connectivity index (χ2v) is 7.19. The van der Waals surface area contributed by atoms with Crippen LogP contribution in [0.4, 0.5) is 17.6 Å². The summed E-state index contributed by atoms with van der Waals surface area (Å²) in [7, 11) is 2.11. The molecule has 3 aliphatic rings. The lowest BCUT2D eigenvalue weighted by Gasteiger charge is -2.39. The Balaban J connectivity index is 1.73. The van der Waals surface area contributed by atoms with Gasteiger partial charge in [-0.05, 0) is 38.5 Å². The molecule has 2 bridgehead atoms. The molecule has 1 aromatic heterocycles. The number of aromatic nitrogens is 2. The summed E-state index contributed by atoms with van der Waals surface area (Å²) in [6.45, 7) is 4.06. The minimum Gasteiger partial charge on any atom is -0.393 e. The van der Waals surface area contributed by atoms with Gasteiger partial charge in [-0.15, -0.1) is 0 Å². The molecule has 6 heteroatoms. The molecular formula is C17H27N5O. The average molecular weight is 317 g/mol. The normalized spacial score (nSPS) is 29.1. The smallest absolute Gasteiger partial charge is 0.226 e. The van der Waals surface area contributed by atoms with Crippen LogP contribution in [0.2, 0.25) is 0 Å². The third-order valence-corrected chi connectivity index (χ3v) is 5.51. The van der Waals surface area contributed by atoms with E-state index in [9.17, 15) is 5.11 Å². The van der Waals surface area contributed by atoms with E-state index < -0.39 is 0 Å². The first-order chi connectivity index (χ1) is 11.2. The summed E-state index contributed by atoms with van der Waals surface area (Å²) in [4.78, 5) is 14.4. The van der Waals surface area contributed by atoms with Crippen LogP contribution in [0.3, 0.4) is 0 Å². The lowest BCUT2D eigenvalue weighted by atomic mass is 9.99. The molecule has 2 atom stereocenters. The van der Waals surface area contributed by atoms with Crippen molar-refractivity contribution in [2.75, 3.05) is 35.3 Å². The van der Waals surface area contributed by atoms with Crippen molar-refractivity contribution in [2.45, 2.75) is 63.6 Å². The Kier molecular flexibility index (Phi) is 3.79. The quantitative estimate of drug-likeness (QED) is 0.882. The molecule has 0 spiro atoms. The molecule has 2 unspecified atom stereocenters. The van der Waals surface area contributed by atoms with Crippen molar-refractivity contribution < 1.29 is 5.11 Å². The van der Waals surface area contributed by atoms with Crippen LogP contribution in [0, 0.1) is 0 Å². The fraction of sp³-hybridized carbons (Fsp3) is 0.765. The highest BCUT2D eigenvalue weighted by Gasteiger charge is 2.42. The van der Waals surface area contributed by atoms with E-state index in [1.807, 2.05) is 0 Å². The predicted molar refractivity (Wildman–Crippen MR) is 92.3 cm³/mol. The van der Waals surface area contributed by atoms with Gasteiger partial charge in [0.25, 0.3) is 0 Å². The highest BCUT2D eigenvalue weighted by atomic mass is 16.3. The van der Waals surface area contributed by atoms with Crippen molar-refractivity contribution >= 4 is 17.6 Å². The highest BCUT2D eigenvalue weighted by molar-refractivity contribution is 5.67. The maximum absolute atomic E-state index is 10.1. The van der Waals surface area contributed by atoms with Gasteiger partial charge < -0.3 is 20.2 Å². The summed E-state index contributed by atoms with van der Waals surface area (Å²) in [5, 5.41) is 13.4. The molecule has 1 aromatic rings. The average Bonchev–Trinajstić information content (AvgIpc) is 3.03. The zero-order chi connectivity index (χ0) is 16.0. The number of hydrogen-bond donors (Lipinski definition) is 2. The Morgan fingerprint density at radius 3 is 2.57 bits per heavy atom. The van der Waals surface area contributed by atoms with Gasteiger partial charge in [0, 0.05) is 37.8 Å². The molecule has 3 aliphatic heterocycles. The van der Waals surface area contributed by atoms with Gasteiger partial charge >= 0.3 is 0 Å². The summed E-state index contributed by atoms with van der Waals surface area (Å²) < 4.78 is 0. The predicted octanol–water partition coefficient (Wildman–Crippen LogP) is 1.78. The van der Waals surface area contributed by atoms with E-state index in [1.165, 1.54) is 18.4 Å². The van der Waals surface area contributed by atoms with Crippen LogP contribution in [0.1, 0.15) is 44.6 Å². The van der Waals surface area contributed by atoms with Crippen LogP contribution in [0.5, 0.6) is 0 Å². The fourth-order valence-corrected chi connectivity index (χ4v) is 4.41. The van der Waals surface area contributed by atoms with Crippen LogP contribution in [0.25, 0.3) is 0 Å². The van der Waals surface area contributed by atoms with E-state index in [2.05, 4.69) is 29.1 Å². The van der Waals surface area contributed by atoms with Gasteiger partial charge in [0.2, 0.25) is 5.95 Å². The fourth-order valence-electron chi connectivity index (χ4n) is 4.41. The number of nitrogens with one attached hydrogen (secondary N) is 1. The first kappa shape index (κ1) is 15.0. The number of anilines is 3. The number of hydrogen-bond acceptors (Lipinski definition) is 6. The molecule has 2 fully saturated rings. The topological polar surface area (TPSA) is 64.5 Å². The first-order valence-corrected chi connectivity index (χ1v) is 8.99. The van der Waals surface area contributed by atoms with Gasteiger partial charge in [-0.1, -0.05) is 6.92 Å². The molecule has 0 aliphatic carbocycles. The van der Waals surface area contributed by atoms with E-state index in [-0.39, 0.29) is 6.10 Å². The lowest BCUT2D eigenvalue weighted by molar-refractivity contribution is 0.126. The SMILES string of the molecule is CCCNc1nc2c(c(N3C4CCC3CC(O)C4)n1)CCN2C. The van der Waals surface area contributed by atoms with Crippen LogP contribution < -0.4 is 15.1 Å². The molecule has 0 amide bonds. The molecule has 4 rings (SSSR count). The number of piperidine rings is 1. The molecule has 4 heterocycles. The van der Waals surface area contributed by atoms with Gasteiger partial charge in [0.1, 0.15) is 11.6 Å². The largest absolute Gasteiger partial charge is 0.393 e. The number of nitrogens with zero attached hydrogens (tertiary/aromatic N) is 4. The second-order valence-electron chi connectivity index (χ2n) is 7.19. The van der Waals surface area contributed by atoms with Crippen LogP contribution in [-0.4, -0.2) is 53.4 Å². The molecule has 0 saturated carbocycles. The zero-order valence-electron chi connectivity index (χ0n) is 14.1. The lowest BCUT2D eigenvalue weighted by Crippen LogP contribution is -2.45. The van der Waals surface area contributed by atoms with Crippen molar-refractivity contribution in [3.63, 3.8) is 0 Å². The van der Waals surface area contributed by atoms with Crippen molar-refractivity contribution in [1.29, 1.82) is 0 Å². The van der Waals surface area contributed by atoms with Gasteiger partial charge in [-0.3, -0.25) is 0 Å². The second kappa shape index (κ2) is 5.82. The van der Waals surface area contributed by atoms with E-state index in [1.54, 1.807) is 0 Å². The molecule has 23 heavy (non-hydrogen) atoms. The van der Waals surface area contributed by atoms with Crippen molar-refractivity contribution in [3.8, 4) is 0 Å². The third-order valence-electron chi connectivity index (χ3n) is 5.51. The van der Waals surface area contributed by atoms with Crippen molar-refractivity contribution in [3.05, 3.63) is 5.56 Å². The minimum absolute atomic E-state index is 0.140. The van der Waals surface area contributed by atoms with Gasteiger partial charge in [0.15, 0.2) is 0 Å². The van der Waals surface area contributed by atoms with Gasteiger partial charge in [-0.2, -0.15) is 9.97 Å². The number of aliphatic hydroxyl groups is 1. The molecule has 0 radical (unpaired) electrons. The van der Waals surface area contributed by atoms with E-state index in [0.29, 0.717) is 12.1 Å². The number of fused-ring (bicyclic) bond motifs is 3. The zero-order valence-corrected chi connectivity index (χ0v) is 14.1. The molecule has 6 nitrogen and oxygen atoms in total. The Bertz CT molecular complexity index is 579. The Morgan fingerprint density at radius 1 is 1.17 bits per heavy atom. The molecular weight excluding hydrogens is 290 g/mol. The molecule has 0 aromatic carbocycles. The van der Waals surface area contributed by atoms with Crippen molar-refractivity contribution in [2.24, 2.45) is 0 Å². The van der Waals surface area contributed by atoms with Crippen LogP contribution >= 0.6 is 0 Å². The first-order valence-electron chi connectivity index (χ1n) is 8.99. The highest BCUT2D eigenvalue weighted by Crippen LogP contribution is 2.43. The van der Waals surface area contributed by atoms with Crippen molar-refractivity contribution in [1.82, 2.24) is 9.97 Å².